The van der Waals surface area contributed by atoms with Crippen molar-refractivity contribution in [3.63, 3.8) is 0 Å². The van der Waals surface area contributed by atoms with Gasteiger partial charge in [-0.15, -0.1) is 0 Å². The minimum Gasteiger partial charge on any atom is -0.508 e. The Morgan fingerprint density at radius 2 is 2.31 bits per heavy atom. The number of phenolic OH excluding ortho intramolecular Hbond substituents is 1. The van der Waals surface area contributed by atoms with Crippen LogP contribution < -0.4 is 5.32 Å². The second-order valence-electron chi connectivity index (χ2n) is 3.04. The number of fused-ring (bicyclic) bond motifs is 1. The molecule has 0 spiro atoms. The Labute approximate surface area is 74.8 Å². The number of nitrogens with one attached hydrogen (secondary N) is 1. The third-order valence-corrected chi connectivity index (χ3v) is 2.18. The van der Waals surface area contributed by atoms with Crippen LogP contribution in [0.1, 0.15) is 17.2 Å². The number of phenols is 1. The Morgan fingerprint density at radius 3 is 3.00 bits per heavy atom. The van der Waals surface area contributed by atoms with Crippen LogP contribution in [0.15, 0.2) is 18.2 Å². The molecule has 13 heavy (non-hydrogen) atoms. The lowest BCUT2D eigenvalue weighted by Crippen LogP contribution is -2.21. The van der Waals surface area contributed by atoms with Crippen molar-refractivity contribution in [1.82, 2.24) is 5.32 Å². The second kappa shape index (κ2) is 2.74. The molecular formula is C9H9NO3. The first-order valence-electron chi connectivity index (χ1n) is 3.96. The van der Waals surface area contributed by atoms with Crippen LogP contribution >= 0.6 is 0 Å². The van der Waals surface area contributed by atoms with E-state index in [0.29, 0.717) is 12.1 Å². The van der Waals surface area contributed by atoms with Gasteiger partial charge in [0.05, 0.1) is 0 Å². The number of hydrogen-bond acceptors (Lipinski definition) is 3. The maximum Gasteiger partial charge on any atom is 0.325 e. The highest BCUT2D eigenvalue weighted by Gasteiger charge is 2.27. The van der Waals surface area contributed by atoms with Gasteiger partial charge < -0.3 is 10.2 Å². The van der Waals surface area contributed by atoms with Crippen molar-refractivity contribution in [2.75, 3.05) is 0 Å². The van der Waals surface area contributed by atoms with Crippen molar-refractivity contribution in [3.05, 3.63) is 29.3 Å². The van der Waals surface area contributed by atoms with Gasteiger partial charge >= 0.3 is 5.97 Å². The van der Waals surface area contributed by atoms with Crippen molar-refractivity contribution in [2.24, 2.45) is 0 Å². The predicted molar refractivity (Wildman–Crippen MR) is 45.3 cm³/mol. The summed E-state index contributed by atoms with van der Waals surface area (Å²) in [5.41, 5.74) is 1.60. The molecule has 0 fully saturated rings. The Bertz CT molecular complexity index is 362. The van der Waals surface area contributed by atoms with Gasteiger partial charge in [0.2, 0.25) is 0 Å². The zero-order valence-corrected chi connectivity index (χ0v) is 6.82. The Kier molecular flexibility index (Phi) is 1.70. The molecule has 0 aliphatic carbocycles. The number of aromatic hydroxyl groups is 1. The Balaban J connectivity index is 2.46. The number of benzene rings is 1. The van der Waals surface area contributed by atoms with Gasteiger partial charge in [0.15, 0.2) is 0 Å². The summed E-state index contributed by atoms with van der Waals surface area (Å²) in [6.45, 7) is 0.548. The lowest BCUT2D eigenvalue weighted by atomic mass is 10.1. The molecule has 4 heteroatoms. The van der Waals surface area contributed by atoms with E-state index in [1.807, 2.05) is 0 Å². The zero-order valence-electron chi connectivity index (χ0n) is 6.82. The van der Waals surface area contributed by atoms with Crippen molar-refractivity contribution in [3.8, 4) is 5.75 Å². The molecule has 1 aliphatic rings. The Hall–Kier alpha value is -1.55. The van der Waals surface area contributed by atoms with Gasteiger partial charge in [-0.2, -0.15) is 0 Å². The minimum absolute atomic E-state index is 0.105. The van der Waals surface area contributed by atoms with E-state index in [4.69, 9.17) is 5.11 Å². The van der Waals surface area contributed by atoms with Gasteiger partial charge in [0, 0.05) is 6.54 Å². The summed E-state index contributed by atoms with van der Waals surface area (Å²) in [6, 6.07) is 4.11. The zero-order chi connectivity index (χ0) is 9.42. The third-order valence-electron chi connectivity index (χ3n) is 2.18. The average molecular weight is 179 g/mol. The average Bonchev–Trinajstić information content (AvgIpc) is 2.46. The molecule has 3 N–H and O–H groups in total. The van der Waals surface area contributed by atoms with Crippen LogP contribution in [0.2, 0.25) is 0 Å². The van der Waals surface area contributed by atoms with E-state index < -0.39 is 12.0 Å². The van der Waals surface area contributed by atoms with E-state index in [2.05, 4.69) is 5.32 Å². The lowest BCUT2D eigenvalue weighted by Gasteiger charge is -2.05. The molecule has 0 amide bonds. The van der Waals surface area contributed by atoms with E-state index >= 15 is 0 Å². The number of aliphatic carboxylic acids is 1. The summed E-state index contributed by atoms with van der Waals surface area (Å²) in [4.78, 5) is 10.7. The van der Waals surface area contributed by atoms with Crippen molar-refractivity contribution < 1.29 is 15.0 Å². The molecule has 0 saturated carbocycles. The molecule has 1 unspecified atom stereocenters. The standard InChI is InChI=1S/C9H9NO3/c11-6-2-1-5-4-10-8(9(12)13)7(5)3-6/h1-3,8,10-11H,4H2,(H,12,13). The van der Waals surface area contributed by atoms with E-state index in [9.17, 15) is 9.90 Å². The van der Waals surface area contributed by atoms with E-state index in [1.165, 1.54) is 6.07 Å². The molecule has 0 aromatic heterocycles. The summed E-state index contributed by atoms with van der Waals surface area (Å²) < 4.78 is 0. The quantitative estimate of drug-likeness (QED) is 0.591. The largest absolute Gasteiger partial charge is 0.508 e. The van der Waals surface area contributed by atoms with Crippen LogP contribution in [-0.2, 0) is 11.3 Å². The molecule has 68 valence electrons. The maximum atomic E-state index is 10.7. The molecule has 0 saturated heterocycles. The van der Waals surface area contributed by atoms with Gasteiger partial charge in [-0.25, -0.2) is 0 Å². The monoisotopic (exact) mass is 179 g/mol. The van der Waals surface area contributed by atoms with Crippen LogP contribution in [0, 0.1) is 0 Å². The normalized spacial score (nSPS) is 19.8. The van der Waals surface area contributed by atoms with Crippen LogP contribution in [-0.4, -0.2) is 16.2 Å². The molecule has 2 rings (SSSR count). The second-order valence-corrected chi connectivity index (χ2v) is 3.04. The molecule has 1 aromatic rings. The molecule has 1 aromatic carbocycles. The summed E-state index contributed by atoms with van der Waals surface area (Å²) in [7, 11) is 0. The molecule has 0 bridgehead atoms. The molecule has 1 heterocycles. The smallest absolute Gasteiger partial charge is 0.325 e. The predicted octanol–water partition coefficient (Wildman–Crippen LogP) is 0.621. The fourth-order valence-electron chi connectivity index (χ4n) is 1.55. The highest BCUT2D eigenvalue weighted by Crippen LogP contribution is 2.28. The number of hydrogen-bond donors (Lipinski definition) is 3. The fraction of sp³-hybridized carbons (Fsp3) is 0.222. The van der Waals surface area contributed by atoms with Crippen molar-refractivity contribution >= 4 is 5.97 Å². The highest BCUT2D eigenvalue weighted by molar-refractivity contribution is 5.77. The highest BCUT2D eigenvalue weighted by atomic mass is 16.4. The first-order valence-corrected chi connectivity index (χ1v) is 3.96. The number of rotatable bonds is 1. The van der Waals surface area contributed by atoms with Gasteiger partial charge in [0.1, 0.15) is 11.8 Å². The van der Waals surface area contributed by atoms with Gasteiger partial charge in [-0.3, -0.25) is 10.1 Å². The molecule has 0 radical (unpaired) electrons. The molecule has 1 aliphatic heterocycles. The van der Waals surface area contributed by atoms with Crippen LogP contribution in [0.5, 0.6) is 5.75 Å². The van der Waals surface area contributed by atoms with Crippen LogP contribution in [0.4, 0.5) is 0 Å². The SMILES string of the molecule is O=C(O)C1NCc2ccc(O)cc21. The summed E-state index contributed by atoms with van der Waals surface area (Å²) in [6.07, 6.45) is 0. The summed E-state index contributed by atoms with van der Waals surface area (Å²) in [5.74, 6) is -0.807. The number of carboxylic acids is 1. The third kappa shape index (κ3) is 1.25. The number of carbonyl (C=O) groups is 1. The van der Waals surface area contributed by atoms with E-state index in [1.54, 1.807) is 12.1 Å². The van der Waals surface area contributed by atoms with E-state index in [-0.39, 0.29) is 5.75 Å². The molecule has 4 nitrogen and oxygen atoms in total. The Morgan fingerprint density at radius 1 is 1.54 bits per heavy atom. The van der Waals surface area contributed by atoms with Gasteiger partial charge in [-0.05, 0) is 23.3 Å². The van der Waals surface area contributed by atoms with Gasteiger partial charge in [0.25, 0.3) is 0 Å². The molecular weight excluding hydrogens is 170 g/mol. The maximum absolute atomic E-state index is 10.7. The first kappa shape index (κ1) is 8.07. The van der Waals surface area contributed by atoms with Gasteiger partial charge in [-0.1, -0.05) is 6.07 Å². The van der Waals surface area contributed by atoms with Crippen molar-refractivity contribution in [1.29, 1.82) is 0 Å². The minimum atomic E-state index is -0.913. The topological polar surface area (TPSA) is 69.6 Å². The molecule has 1 atom stereocenters. The van der Waals surface area contributed by atoms with Crippen molar-refractivity contribution in [2.45, 2.75) is 12.6 Å². The first-order chi connectivity index (χ1) is 6.18. The van der Waals surface area contributed by atoms with Crippen LogP contribution in [0.25, 0.3) is 0 Å². The fourth-order valence-corrected chi connectivity index (χ4v) is 1.55. The summed E-state index contributed by atoms with van der Waals surface area (Å²) >= 11 is 0. The van der Waals surface area contributed by atoms with E-state index in [0.717, 1.165) is 5.56 Å². The summed E-state index contributed by atoms with van der Waals surface area (Å²) in [5, 5.41) is 20.8. The lowest BCUT2D eigenvalue weighted by molar-refractivity contribution is -0.139. The van der Waals surface area contributed by atoms with Crippen LogP contribution in [0.3, 0.4) is 0 Å². The number of carboxylic acid groups (broad SMARTS) is 1.